The molecular weight excluding hydrogens is 538 g/mol. The van der Waals surface area contributed by atoms with Crippen molar-refractivity contribution < 1.29 is 19.1 Å². The summed E-state index contributed by atoms with van der Waals surface area (Å²) in [6.45, 7) is 14.7. The summed E-state index contributed by atoms with van der Waals surface area (Å²) in [4.78, 5) is 51.6. The smallest absolute Gasteiger partial charge is 0.249 e. The molecule has 1 aromatic heterocycles. The number of amides is 2. The lowest BCUT2D eigenvalue weighted by Gasteiger charge is -2.37. The van der Waals surface area contributed by atoms with Crippen molar-refractivity contribution in [1.82, 2.24) is 14.8 Å². The van der Waals surface area contributed by atoms with E-state index in [-0.39, 0.29) is 36.2 Å². The number of nitrogens with two attached hydrogens (primary N) is 1. The van der Waals surface area contributed by atoms with Gasteiger partial charge in [0.25, 0.3) is 0 Å². The number of fused-ring (bicyclic) bond motifs is 1. The Morgan fingerprint density at radius 3 is 2.54 bits per heavy atom. The first-order valence-corrected chi connectivity index (χ1v) is 15.6. The number of anilines is 1. The first-order valence-electron chi connectivity index (χ1n) is 14.7. The van der Waals surface area contributed by atoms with Gasteiger partial charge in [0.2, 0.25) is 11.8 Å². The normalized spacial score (nSPS) is 24.3. The molecule has 2 amide bonds. The van der Waals surface area contributed by atoms with E-state index in [2.05, 4.69) is 30.7 Å². The number of carbonyl (C=O) groups is 3. The molecule has 41 heavy (non-hydrogen) atoms. The molecule has 1 aromatic carbocycles. The Kier molecular flexibility index (Phi) is 8.29. The van der Waals surface area contributed by atoms with Crippen LogP contribution < -0.4 is 10.6 Å². The molecule has 4 heterocycles. The van der Waals surface area contributed by atoms with Gasteiger partial charge < -0.3 is 25.2 Å². The number of piperazine rings is 1. The third-order valence-corrected chi connectivity index (χ3v) is 10.4. The predicted molar refractivity (Wildman–Crippen MR) is 161 cm³/mol. The average molecular weight is 582 g/mol. The standard InChI is InChI=1S/C31H43N5O4S/c1-7-31(4,5)25(29(39)36-15-22(18(2)3)27-26(36)24(37)16-40-27)21-14-19(8-9-20(21)28(32)38)23-17-41-30(33-23)35-12-10-34(6)11-13-35/h8-9,14,17-18,22,25-27H,7,10-13,15-16H2,1-6H3,(H2,32,38)/t22-,25+,26-,27-/m1/s1. The second-order valence-electron chi connectivity index (χ2n) is 12.8. The Labute approximate surface area is 247 Å². The number of likely N-dealkylation sites (N-methyl/N-ethyl adjacent to an activating group) is 1. The van der Waals surface area contributed by atoms with Crippen LogP contribution in [0.4, 0.5) is 5.13 Å². The van der Waals surface area contributed by atoms with E-state index in [1.54, 1.807) is 22.3 Å². The van der Waals surface area contributed by atoms with Crippen LogP contribution in [0.1, 0.15) is 62.9 Å². The molecule has 2 aromatic rings. The van der Waals surface area contributed by atoms with E-state index < -0.39 is 23.3 Å². The molecule has 2 N–H and O–H groups in total. The number of carbonyl (C=O) groups excluding carboxylic acids is 3. The molecule has 3 aliphatic rings. The van der Waals surface area contributed by atoms with Crippen molar-refractivity contribution in [3.05, 3.63) is 34.7 Å². The molecule has 0 aliphatic carbocycles. The Morgan fingerprint density at radius 2 is 1.90 bits per heavy atom. The molecule has 0 bridgehead atoms. The van der Waals surface area contributed by atoms with Gasteiger partial charge in [0.1, 0.15) is 12.6 Å². The van der Waals surface area contributed by atoms with Gasteiger partial charge in [-0.15, -0.1) is 11.3 Å². The van der Waals surface area contributed by atoms with Crippen LogP contribution in [-0.2, 0) is 14.3 Å². The largest absolute Gasteiger partial charge is 0.367 e. The monoisotopic (exact) mass is 581 g/mol. The zero-order valence-corrected chi connectivity index (χ0v) is 25.9. The maximum Gasteiger partial charge on any atom is 0.249 e. The first kappa shape index (κ1) is 29.7. The highest BCUT2D eigenvalue weighted by Crippen LogP contribution is 2.45. The van der Waals surface area contributed by atoms with Gasteiger partial charge >= 0.3 is 0 Å². The van der Waals surface area contributed by atoms with Crippen LogP contribution in [0.25, 0.3) is 11.3 Å². The van der Waals surface area contributed by atoms with E-state index >= 15 is 0 Å². The Morgan fingerprint density at radius 1 is 1.20 bits per heavy atom. The minimum Gasteiger partial charge on any atom is -0.367 e. The predicted octanol–water partition coefficient (Wildman–Crippen LogP) is 3.63. The molecule has 0 saturated carbocycles. The number of hydrogen-bond donors (Lipinski definition) is 1. The lowest BCUT2D eigenvalue weighted by molar-refractivity contribution is -0.140. The molecule has 3 fully saturated rings. The molecule has 0 spiro atoms. The number of primary amides is 1. The van der Waals surface area contributed by atoms with E-state index in [0.29, 0.717) is 24.1 Å². The number of rotatable bonds is 8. The lowest BCUT2D eigenvalue weighted by atomic mass is 9.70. The molecule has 5 rings (SSSR count). The van der Waals surface area contributed by atoms with Gasteiger partial charge in [-0.2, -0.15) is 0 Å². The van der Waals surface area contributed by atoms with Gasteiger partial charge in [-0.1, -0.05) is 40.7 Å². The van der Waals surface area contributed by atoms with E-state index in [0.717, 1.165) is 42.6 Å². The number of aromatic nitrogens is 1. The van der Waals surface area contributed by atoms with Crippen molar-refractivity contribution in [2.45, 2.75) is 59.1 Å². The lowest BCUT2D eigenvalue weighted by Crippen LogP contribution is -2.47. The fourth-order valence-corrected chi connectivity index (χ4v) is 7.38. The van der Waals surface area contributed by atoms with Gasteiger partial charge in [-0.3, -0.25) is 14.4 Å². The highest BCUT2D eigenvalue weighted by Gasteiger charge is 2.55. The van der Waals surface area contributed by atoms with Crippen molar-refractivity contribution in [3.8, 4) is 11.3 Å². The maximum atomic E-state index is 14.6. The molecule has 3 aliphatic heterocycles. The zero-order chi connectivity index (χ0) is 29.6. The van der Waals surface area contributed by atoms with Crippen LogP contribution in [-0.4, -0.2) is 90.9 Å². The number of ketones is 1. The van der Waals surface area contributed by atoms with Gasteiger partial charge in [-0.25, -0.2) is 4.98 Å². The molecule has 222 valence electrons. The van der Waals surface area contributed by atoms with Crippen molar-refractivity contribution in [1.29, 1.82) is 0 Å². The number of nitrogens with zero attached hydrogens (tertiary/aromatic N) is 4. The molecule has 10 heteroatoms. The number of benzene rings is 1. The third kappa shape index (κ3) is 5.53. The summed E-state index contributed by atoms with van der Waals surface area (Å²) in [6.07, 6.45) is 0.401. The number of likely N-dealkylation sites (tertiary alicyclic amines) is 1. The summed E-state index contributed by atoms with van der Waals surface area (Å²) in [6, 6.07) is 4.92. The number of ether oxygens (including phenoxy) is 1. The van der Waals surface area contributed by atoms with Crippen LogP contribution in [0.15, 0.2) is 23.6 Å². The minimum absolute atomic E-state index is 0.0334. The van der Waals surface area contributed by atoms with Gasteiger partial charge in [0.15, 0.2) is 10.9 Å². The quantitative estimate of drug-likeness (QED) is 0.507. The Hall–Kier alpha value is -2.82. The summed E-state index contributed by atoms with van der Waals surface area (Å²) in [5.41, 5.74) is 7.95. The second-order valence-corrected chi connectivity index (χ2v) is 13.7. The van der Waals surface area contributed by atoms with E-state index in [1.807, 2.05) is 38.3 Å². The van der Waals surface area contributed by atoms with Crippen molar-refractivity contribution in [3.63, 3.8) is 0 Å². The first-order chi connectivity index (χ1) is 19.4. The highest BCUT2D eigenvalue weighted by molar-refractivity contribution is 7.14. The van der Waals surface area contributed by atoms with Crippen LogP contribution in [0.3, 0.4) is 0 Å². The van der Waals surface area contributed by atoms with Crippen LogP contribution >= 0.6 is 11.3 Å². The third-order valence-electron chi connectivity index (χ3n) is 9.49. The van der Waals surface area contributed by atoms with Gasteiger partial charge in [0, 0.05) is 55.1 Å². The SMILES string of the molecule is CCC(C)(C)[C@H](C(=O)N1C[C@H](C(C)C)[C@H]2OCC(=O)[C@H]21)c1cc(-c2csc(N3CCN(C)CC3)n2)ccc1C(N)=O. The molecule has 4 atom stereocenters. The van der Waals surface area contributed by atoms with Crippen LogP contribution in [0.2, 0.25) is 0 Å². The van der Waals surface area contributed by atoms with Crippen LogP contribution in [0.5, 0.6) is 0 Å². The fraction of sp³-hybridized carbons (Fsp3) is 0.613. The van der Waals surface area contributed by atoms with Crippen molar-refractivity contribution >= 4 is 34.1 Å². The number of thiazole rings is 1. The summed E-state index contributed by atoms with van der Waals surface area (Å²) in [5.74, 6) is -1.12. The summed E-state index contributed by atoms with van der Waals surface area (Å²) >= 11 is 1.61. The summed E-state index contributed by atoms with van der Waals surface area (Å²) in [5, 5.41) is 3.00. The minimum atomic E-state index is -0.675. The second kappa shape index (κ2) is 11.5. The Bertz CT molecular complexity index is 1320. The molecule has 3 saturated heterocycles. The average Bonchev–Trinajstić information content (AvgIpc) is 3.66. The van der Waals surface area contributed by atoms with Gasteiger partial charge in [0.05, 0.1) is 17.7 Å². The van der Waals surface area contributed by atoms with Gasteiger partial charge in [-0.05, 0) is 42.5 Å². The summed E-state index contributed by atoms with van der Waals surface area (Å²) in [7, 11) is 2.13. The zero-order valence-electron chi connectivity index (χ0n) is 25.1. The number of hydrogen-bond acceptors (Lipinski definition) is 8. The van der Waals surface area contributed by atoms with Crippen LogP contribution in [0, 0.1) is 17.3 Å². The van der Waals surface area contributed by atoms with Crippen molar-refractivity contribution in [2.24, 2.45) is 23.0 Å². The Balaban J connectivity index is 1.55. The highest BCUT2D eigenvalue weighted by atomic mass is 32.1. The summed E-state index contributed by atoms with van der Waals surface area (Å²) < 4.78 is 5.91. The maximum absolute atomic E-state index is 14.6. The van der Waals surface area contributed by atoms with E-state index in [9.17, 15) is 14.4 Å². The van der Waals surface area contributed by atoms with E-state index in [1.165, 1.54) is 0 Å². The molecular formula is C31H43N5O4S. The fourth-order valence-electron chi connectivity index (χ4n) is 6.49. The number of Topliss-reactive ketones (excluding diaryl/α,β-unsaturated/α-hetero) is 1. The topological polar surface area (TPSA) is 109 Å². The van der Waals surface area contributed by atoms with E-state index in [4.69, 9.17) is 15.5 Å². The molecule has 9 nitrogen and oxygen atoms in total. The molecule has 0 unspecified atom stereocenters. The van der Waals surface area contributed by atoms with Crippen molar-refractivity contribution in [2.75, 3.05) is 51.3 Å². The molecule has 0 radical (unpaired) electrons.